The molecule has 0 bridgehead atoms. The summed E-state index contributed by atoms with van der Waals surface area (Å²) >= 11 is 6.11. The summed E-state index contributed by atoms with van der Waals surface area (Å²) in [5.41, 5.74) is 2.04. The number of aromatic nitrogens is 1. The average molecular weight is 220 g/mol. The third-order valence-corrected chi connectivity index (χ3v) is 3.11. The minimum absolute atomic E-state index is 0.491. The Kier molecular flexibility index (Phi) is 2.92. The van der Waals surface area contributed by atoms with Gasteiger partial charge in [0.25, 0.3) is 0 Å². The predicted octanol–water partition coefficient (Wildman–Crippen LogP) is 4.40. The van der Waals surface area contributed by atoms with Crippen LogP contribution in [0.4, 0.5) is 0 Å². The van der Waals surface area contributed by atoms with Crippen LogP contribution in [-0.2, 0) is 0 Å². The van der Waals surface area contributed by atoms with E-state index in [0.717, 1.165) is 28.0 Å². The monoisotopic (exact) mass is 219 g/mol. The highest BCUT2D eigenvalue weighted by molar-refractivity contribution is 6.35. The SMILES string of the molecule is CCC(C)c1ccc2cccc(Cl)c2n1. The molecule has 0 spiro atoms. The van der Waals surface area contributed by atoms with Crippen LogP contribution in [0, 0.1) is 0 Å². The lowest BCUT2D eigenvalue weighted by atomic mass is 10.0. The fourth-order valence-corrected chi connectivity index (χ4v) is 1.83. The number of para-hydroxylation sites is 1. The maximum atomic E-state index is 6.11. The van der Waals surface area contributed by atoms with E-state index in [1.54, 1.807) is 0 Å². The van der Waals surface area contributed by atoms with Gasteiger partial charge in [0.2, 0.25) is 0 Å². The number of benzene rings is 1. The summed E-state index contributed by atoms with van der Waals surface area (Å²) in [6.45, 7) is 4.36. The summed E-state index contributed by atoms with van der Waals surface area (Å²) in [7, 11) is 0. The first-order chi connectivity index (χ1) is 7.22. The second-order valence-corrected chi connectivity index (χ2v) is 4.26. The summed E-state index contributed by atoms with van der Waals surface area (Å²) in [6.07, 6.45) is 1.10. The van der Waals surface area contributed by atoms with Crippen LogP contribution in [-0.4, -0.2) is 4.98 Å². The zero-order valence-corrected chi connectivity index (χ0v) is 9.75. The molecule has 1 aromatic carbocycles. The van der Waals surface area contributed by atoms with E-state index >= 15 is 0 Å². The molecule has 1 aromatic heterocycles. The lowest BCUT2D eigenvalue weighted by Crippen LogP contribution is -1.95. The van der Waals surface area contributed by atoms with E-state index < -0.39 is 0 Å². The van der Waals surface area contributed by atoms with E-state index in [-0.39, 0.29) is 0 Å². The highest BCUT2D eigenvalue weighted by Crippen LogP contribution is 2.24. The molecule has 0 radical (unpaired) electrons. The van der Waals surface area contributed by atoms with Gasteiger partial charge in [0, 0.05) is 11.1 Å². The van der Waals surface area contributed by atoms with Crippen LogP contribution in [0.5, 0.6) is 0 Å². The topological polar surface area (TPSA) is 12.9 Å². The Labute approximate surface area is 95.1 Å². The molecule has 2 aromatic rings. The molecule has 1 atom stereocenters. The molecule has 0 saturated carbocycles. The van der Waals surface area contributed by atoms with Crippen molar-refractivity contribution in [2.45, 2.75) is 26.2 Å². The van der Waals surface area contributed by atoms with Gasteiger partial charge in [-0.15, -0.1) is 0 Å². The molecule has 0 N–H and O–H groups in total. The highest BCUT2D eigenvalue weighted by atomic mass is 35.5. The molecule has 15 heavy (non-hydrogen) atoms. The molecule has 0 aliphatic rings. The summed E-state index contributed by atoms with van der Waals surface area (Å²) in [5, 5.41) is 1.84. The first-order valence-electron chi connectivity index (χ1n) is 5.27. The maximum absolute atomic E-state index is 6.11. The lowest BCUT2D eigenvalue weighted by Gasteiger charge is -2.09. The quantitative estimate of drug-likeness (QED) is 0.730. The van der Waals surface area contributed by atoms with Crippen molar-refractivity contribution in [3.63, 3.8) is 0 Å². The lowest BCUT2D eigenvalue weighted by molar-refractivity contribution is 0.712. The van der Waals surface area contributed by atoms with Crippen LogP contribution >= 0.6 is 11.6 Å². The van der Waals surface area contributed by atoms with Gasteiger partial charge in [-0.05, 0) is 24.5 Å². The van der Waals surface area contributed by atoms with Crippen molar-refractivity contribution in [2.24, 2.45) is 0 Å². The Balaban J connectivity index is 2.59. The van der Waals surface area contributed by atoms with Gasteiger partial charge >= 0.3 is 0 Å². The molecule has 0 aliphatic carbocycles. The largest absolute Gasteiger partial charge is 0.251 e. The molecular weight excluding hydrogens is 206 g/mol. The molecule has 2 rings (SSSR count). The Hall–Kier alpha value is -1.08. The van der Waals surface area contributed by atoms with Gasteiger partial charge in [-0.1, -0.05) is 43.6 Å². The van der Waals surface area contributed by atoms with Crippen molar-refractivity contribution in [2.75, 3.05) is 0 Å². The maximum Gasteiger partial charge on any atom is 0.0891 e. The van der Waals surface area contributed by atoms with Crippen molar-refractivity contribution in [3.8, 4) is 0 Å². The number of nitrogens with zero attached hydrogens (tertiary/aromatic N) is 1. The number of rotatable bonds is 2. The first-order valence-corrected chi connectivity index (χ1v) is 5.65. The number of fused-ring (bicyclic) bond motifs is 1. The second-order valence-electron chi connectivity index (χ2n) is 3.86. The standard InChI is InChI=1S/C13H14ClN/c1-3-9(2)12-8-7-10-5-4-6-11(14)13(10)15-12/h4-9H,3H2,1-2H3. The Bertz CT molecular complexity index is 479. The fourth-order valence-electron chi connectivity index (χ4n) is 1.61. The van der Waals surface area contributed by atoms with E-state index in [9.17, 15) is 0 Å². The molecule has 78 valence electrons. The van der Waals surface area contributed by atoms with Gasteiger partial charge in [0.05, 0.1) is 10.5 Å². The van der Waals surface area contributed by atoms with Crippen molar-refractivity contribution < 1.29 is 0 Å². The van der Waals surface area contributed by atoms with Crippen molar-refractivity contribution in [3.05, 3.63) is 41.0 Å². The molecule has 1 unspecified atom stereocenters. The average Bonchev–Trinajstić information content (AvgIpc) is 2.28. The van der Waals surface area contributed by atoms with Gasteiger partial charge in [0.1, 0.15) is 0 Å². The Morgan fingerprint density at radius 2 is 2.07 bits per heavy atom. The highest BCUT2D eigenvalue weighted by Gasteiger charge is 2.06. The summed E-state index contributed by atoms with van der Waals surface area (Å²) in [6, 6.07) is 10.1. The molecule has 0 amide bonds. The smallest absolute Gasteiger partial charge is 0.0891 e. The number of halogens is 1. The molecule has 1 heterocycles. The summed E-state index contributed by atoms with van der Waals surface area (Å²) in [5.74, 6) is 0.491. The van der Waals surface area contributed by atoms with E-state index in [0.29, 0.717) is 5.92 Å². The molecule has 2 heteroatoms. The van der Waals surface area contributed by atoms with Gasteiger partial charge in [-0.25, -0.2) is 0 Å². The Morgan fingerprint density at radius 1 is 1.27 bits per heavy atom. The predicted molar refractivity (Wildman–Crippen MR) is 65.5 cm³/mol. The van der Waals surface area contributed by atoms with Gasteiger partial charge in [0.15, 0.2) is 0 Å². The molecule has 0 fully saturated rings. The van der Waals surface area contributed by atoms with Crippen LogP contribution in [0.15, 0.2) is 30.3 Å². The second kappa shape index (κ2) is 4.19. The minimum Gasteiger partial charge on any atom is -0.251 e. The number of pyridine rings is 1. The Morgan fingerprint density at radius 3 is 2.80 bits per heavy atom. The zero-order valence-electron chi connectivity index (χ0n) is 9.00. The number of hydrogen-bond donors (Lipinski definition) is 0. The third-order valence-electron chi connectivity index (χ3n) is 2.81. The van der Waals surface area contributed by atoms with Gasteiger partial charge in [-0.2, -0.15) is 0 Å². The number of hydrogen-bond acceptors (Lipinski definition) is 1. The molecule has 0 aliphatic heterocycles. The minimum atomic E-state index is 0.491. The molecular formula is C13H14ClN. The van der Waals surface area contributed by atoms with Gasteiger partial charge in [-0.3, -0.25) is 4.98 Å². The van der Waals surface area contributed by atoms with E-state index in [1.165, 1.54) is 0 Å². The normalized spacial score (nSPS) is 13.0. The van der Waals surface area contributed by atoms with Crippen LogP contribution in [0.3, 0.4) is 0 Å². The van der Waals surface area contributed by atoms with Gasteiger partial charge < -0.3 is 0 Å². The summed E-state index contributed by atoms with van der Waals surface area (Å²) in [4.78, 5) is 4.61. The van der Waals surface area contributed by atoms with E-state index in [1.807, 2.05) is 18.2 Å². The van der Waals surface area contributed by atoms with Crippen LogP contribution in [0.25, 0.3) is 10.9 Å². The molecule has 1 nitrogen and oxygen atoms in total. The van der Waals surface area contributed by atoms with Crippen LogP contribution < -0.4 is 0 Å². The van der Waals surface area contributed by atoms with Crippen molar-refractivity contribution >= 4 is 22.5 Å². The molecule has 0 saturated heterocycles. The van der Waals surface area contributed by atoms with Crippen molar-refractivity contribution in [1.29, 1.82) is 0 Å². The third kappa shape index (κ3) is 1.98. The first kappa shape index (κ1) is 10.4. The van der Waals surface area contributed by atoms with Crippen LogP contribution in [0.2, 0.25) is 5.02 Å². The van der Waals surface area contributed by atoms with Crippen molar-refractivity contribution in [1.82, 2.24) is 4.98 Å². The zero-order chi connectivity index (χ0) is 10.8. The summed E-state index contributed by atoms with van der Waals surface area (Å²) < 4.78 is 0. The van der Waals surface area contributed by atoms with Crippen LogP contribution in [0.1, 0.15) is 31.9 Å². The van der Waals surface area contributed by atoms with E-state index in [4.69, 9.17) is 11.6 Å². The fraction of sp³-hybridized carbons (Fsp3) is 0.308. The van der Waals surface area contributed by atoms with E-state index in [2.05, 4.69) is 31.0 Å².